The molecule has 0 saturated heterocycles. The Labute approximate surface area is 171 Å². The SMILES string of the molecule is C=CCn1c(SCC(=O)Nc2ccc(F)c(Cl)c2)nnc1-c1ccc(C)cc1. The van der Waals surface area contributed by atoms with Crippen LogP contribution in [-0.2, 0) is 11.3 Å². The van der Waals surface area contributed by atoms with Crippen molar-refractivity contribution in [2.45, 2.75) is 18.6 Å². The third-order valence-electron chi connectivity index (χ3n) is 3.87. The zero-order valence-electron chi connectivity index (χ0n) is 15.2. The Bertz CT molecular complexity index is 1000. The lowest BCUT2D eigenvalue weighted by atomic mass is 10.1. The lowest BCUT2D eigenvalue weighted by Crippen LogP contribution is -2.14. The number of aryl methyl sites for hydroxylation is 1. The molecular formula is C20H18ClFN4OS. The van der Waals surface area contributed by atoms with Gasteiger partial charge < -0.3 is 5.32 Å². The van der Waals surface area contributed by atoms with Gasteiger partial charge in [0.15, 0.2) is 11.0 Å². The molecule has 0 saturated carbocycles. The van der Waals surface area contributed by atoms with Gasteiger partial charge in [-0.15, -0.1) is 16.8 Å². The van der Waals surface area contributed by atoms with Crippen LogP contribution in [0.2, 0.25) is 5.02 Å². The Hall–Kier alpha value is -2.64. The van der Waals surface area contributed by atoms with Gasteiger partial charge in [-0.05, 0) is 25.1 Å². The molecule has 28 heavy (non-hydrogen) atoms. The summed E-state index contributed by atoms with van der Waals surface area (Å²) in [7, 11) is 0. The van der Waals surface area contributed by atoms with E-state index in [9.17, 15) is 9.18 Å². The molecule has 8 heteroatoms. The van der Waals surface area contributed by atoms with E-state index in [0.29, 0.717) is 23.2 Å². The molecule has 0 spiro atoms. The number of carbonyl (C=O) groups is 1. The molecule has 1 amide bonds. The van der Waals surface area contributed by atoms with Crippen LogP contribution < -0.4 is 5.32 Å². The summed E-state index contributed by atoms with van der Waals surface area (Å²) in [6, 6.07) is 12.0. The maximum Gasteiger partial charge on any atom is 0.234 e. The van der Waals surface area contributed by atoms with E-state index >= 15 is 0 Å². The van der Waals surface area contributed by atoms with E-state index in [-0.39, 0.29) is 16.7 Å². The first kappa shape index (κ1) is 20.1. The number of nitrogens with one attached hydrogen (secondary N) is 1. The fraction of sp³-hybridized carbons (Fsp3) is 0.150. The molecule has 144 valence electrons. The largest absolute Gasteiger partial charge is 0.325 e. The first-order chi connectivity index (χ1) is 13.5. The number of thioether (sulfide) groups is 1. The number of hydrogen-bond acceptors (Lipinski definition) is 4. The van der Waals surface area contributed by atoms with Crippen molar-refractivity contribution in [3.05, 3.63) is 71.5 Å². The van der Waals surface area contributed by atoms with Gasteiger partial charge in [-0.3, -0.25) is 9.36 Å². The van der Waals surface area contributed by atoms with Crippen LogP contribution in [-0.4, -0.2) is 26.4 Å². The molecule has 0 atom stereocenters. The number of allylic oxidation sites excluding steroid dienone is 1. The van der Waals surface area contributed by atoms with Gasteiger partial charge >= 0.3 is 0 Å². The molecule has 1 N–H and O–H groups in total. The smallest absolute Gasteiger partial charge is 0.234 e. The fourth-order valence-corrected chi connectivity index (χ4v) is 3.43. The maximum absolute atomic E-state index is 13.2. The third kappa shape index (κ3) is 4.79. The molecule has 1 heterocycles. The second-order valence-electron chi connectivity index (χ2n) is 6.04. The van der Waals surface area contributed by atoms with Crippen LogP contribution in [0.25, 0.3) is 11.4 Å². The van der Waals surface area contributed by atoms with Crippen LogP contribution in [0.3, 0.4) is 0 Å². The van der Waals surface area contributed by atoms with Crippen molar-refractivity contribution in [2.75, 3.05) is 11.1 Å². The van der Waals surface area contributed by atoms with Crippen LogP contribution in [0.4, 0.5) is 10.1 Å². The van der Waals surface area contributed by atoms with Crippen LogP contribution in [0.1, 0.15) is 5.56 Å². The summed E-state index contributed by atoms with van der Waals surface area (Å²) in [6.07, 6.45) is 1.76. The van der Waals surface area contributed by atoms with Crippen molar-refractivity contribution < 1.29 is 9.18 Å². The molecule has 0 radical (unpaired) electrons. The number of amides is 1. The van der Waals surface area contributed by atoms with Gasteiger partial charge in [0.05, 0.1) is 10.8 Å². The quantitative estimate of drug-likeness (QED) is 0.436. The van der Waals surface area contributed by atoms with E-state index in [0.717, 1.165) is 11.1 Å². The zero-order chi connectivity index (χ0) is 20.1. The monoisotopic (exact) mass is 416 g/mol. The minimum atomic E-state index is -0.532. The van der Waals surface area contributed by atoms with Gasteiger partial charge in [0, 0.05) is 17.8 Å². The van der Waals surface area contributed by atoms with E-state index in [4.69, 9.17) is 11.6 Å². The summed E-state index contributed by atoms with van der Waals surface area (Å²) < 4.78 is 15.1. The molecule has 1 aromatic heterocycles. The summed E-state index contributed by atoms with van der Waals surface area (Å²) in [6.45, 7) is 6.33. The van der Waals surface area contributed by atoms with Crippen molar-refractivity contribution in [1.29, 1.82) is 0 Å². The first-order valence-electron chi connectivity index (χ1n) is 8.46. The Kier molecular flexibility index (Phi) is 6.49. The van der Waals surface area contributed by atoms with Gasteiger partial charge in [0.2, 0.25) is 5.91 Å². The Morgan fingerprint density at radius 1 is 1.29 bits per heavy atom. The number of aromatic nitrogens is 3. The number of nitrogens with zero attached hydrogens (tertiary/aromatic N) is 3. The lowest BCUT2D eigenvalue weighted by Gasteiger charge is -2.09. The molecule has 3 rings (SSSR count). The summed E-state index contributed by atoms with van der Waals surface area (Å²) in [5.74, 6) is 0.0547. The number of rotatable bonds is 7. The summed E-state index contributed by atoms with van der Waals surface area (Å²) in [4.78, 5) is 12.2. The highest BCUT2D eigenvalue weighted by molar-refractivity contribution is 7.99. The minimum absolute atomic E-state index is 0.0427. The van der Waals surface area contributed by atoms with Crippen LogP contribution in [0.15, 0.2) is 60.3 Å². The van der Waals surface area contributed by atoms with E-state index < -0.39 is 5.82 Å². The van der Waals surface area contributed by atoms with Gasteiger partial charge in [-0.1, -0.05) is 59.3 Å². The molecule has 5 nitrogen and oxygen atoms in total. The predicted molar refractivity (Wildman–Crippen MR) is 111 cm³/mol. The van der Waals surface area contributed by atoms with Gasteiger partial charge in [-0.25, -0.2) is 4.39 Å². The van der Waals surface area contributed by atoms with Crippen LogP contribution in [0.5, 0.6) is 0 Å². The van der Waals surface area contributed by atoms with Gasteiger partial charge in [0.25, 0.3) is 0 Å². The highest BCUT2D eigenvalue weighted by Crippen LogP contribution is 2.25. The van der Waals surface area contributed by atoms with Crippen molar-refractivity contribution in [2.24, 2.45) is 0 Å². The highest BCUT2D eigenvalue weighted by Gasteiger charge is 2.15. The summed E-state index contributed by atoms with van der Waals surface area (Å²) >= 11 is 7.00. The Morgan fingerprint density at radius 3 is 2.71 bits per heavy atom. The van der Waals surface area contributed by atoms with E-state index in [1.807, 2.05) is 35.8 Å². The second-order valence-corrected chi connectivity index (χ2v) is 7.39. The molecule has 2 aromatic carbocycles. The molecule has 0 bridgehead atoms. The number of carbonyl (C=O) groups excluding carboxylic acids is 1. The normalized spacial score (nSPS) is 10.7. The van der Waals surface area contributed by atoms with Crippen LogP contribution in [0, 0.1) is 12.7 Å². The predicted octanol–water partition coefficient (Wildman–Crippen LogP) is 4.96. The minimum Gasteiger partial charge on any atom is -0.325 e. The van der Waals surface area contributed by atoms with E-state index in [1.165, 1.54) is 30.0 Å². The molecule has 0 fully saturated rings. The van der Waals surface area contributed by atoms with Crippen molar-refractivity contribution in [1.82, 2.24) is 14.8 Å². The zero-order valence-corrected chi connectivity index (χ0v) is 16.7. The molecule has 0 aliphatic heterocycles. The number of hydrogen-bond donors (Lipinski definition) is 1. The maximum atomic E-state index is 13.2. The molecule has 0 unspecified atom stereocenters. The third-order valence-corrected chi connectivity index (χ3v) is 5.13. The van der Waals surface area contributed by atoms with Crippen molar-refractivity contribution in [3.8, 4) is 11.4 Å². The second kappa shape index (κ2) is 9.03. The molecule has 3 aromatic rings. The van der Waals surface area contributed by atoms with Gasteiger partial charge in [0.1, 0.15) is 5.82 Å². The summed E-state index contributed by atoms with van der Waals surface area (Å²) in [5.41, 5.74) is 2.54. The fourth-order valence-electron chi connectivity index (χ4n) is 2.51. The Balaban J connectivity index is 1.71. The highest BCUT2D eigenvalue weighted by atomic mass is 35.5. The average Bonchev–Trinajstić information content (AvgIpc) is 3.07. The van der Waals surface area contributed by atoms with Gasteiger partial charge in [-0.2, -0.15) is 0 Å². The Morgan fingerprint density at radius 2 is 2.04 bits per heavy atom. The van der Waals surface area contributed by atoms with Crippen molar-refractivity contribution >= 4 is 35.0 Å². The van der Waals surface area contributed by atoms with E-state index in [1.54, 1.807) is 6.08 Å². The average molecular weight is 417 g/mol. The number of halogens is 2. The molecule has 0 aliphatic carbocycles. The standard InChI is InChI=1S/C20H18ClFN4OS/c1-3-10-26-19(14-6-4-13(2)5-7-14)24-25-20(26)28-12-18(27)23-15-8-9-17(22)16(21)11-15/h3-9,11H,1,10,12H2,2H3,(H,23,27). The van der Waals surface area contributed by atoms with Crippen molar-refractivity contribution in [3.63, 3.8) is 0 Å². The van der Waals surface area contributed by atoms with Crippen LogP contribution >= 0.6 is 23.4 Å². The topological polar surface area (TPSA) is 59.8 Å². The molecular weight excluding hydrogens is 399 g/mol. The van der Waals surface area contributed by atoms with E-state index in [2.05, 4.69) is 22.1 Å². The molecule has 0 aliphatic rings. The number of anilines is 1. The number of benzene rings is 2. The first-order valence-corrected chi connectivity index (χ1v) is 9.83. The summed E-state index contributed by atoms with van der Waals surface area (Å²) in [5, 5.41) is 11.7. The lowest BCUT2D eigenvalue weighted by molar-refractivity contribution is -0.113.